The first-order chi connectivity index (χ1) is 5.77. The number of likely N-dealkylation sites (N-methyl/N-ethyl adjacent to an activating group) is 1. The molecule has 0 aromatic carbocycles. The molecule has 1 atom stereocenters. The average molecular weight is 170 g/mol. The van der Waals surface area contributed by atoms with Crippen molar-refractivity contribution in [3.05, 3.63) is 0 Å². The van der Waals surface area contributed by atoms with Gasteiger partial charge in [-0.25, -0.2) is 0 Å². The van der Waals surface area contributed by atoms with E-state index in [4.69, 9.17) is 0 Å². The highest BCUT2D eigenvalue weighted by Crippen LogP contribution is 2.10. The summed E-state index contributed by atoms with van der Waals surface area (Å²) in [6, 6.07) is 0.509. The van der Waals surface area contributed by atoms with E-state index >= 15 is 0 Å². The van der Waals surface area contributed by atoms with E-state index in [-0.39, 0.29) is 5.91 Å². The van der Waals surface area contributed by atoms with Crippen molar-refractivity contribution in [2.24, 2.45) is 0 Å². The van der Waals surface area contributed by atoms with Gasteiger partial charge in [0.05, 0.1) is 0 Å². The van der Waals surface area contributed by atoms with E-state index in [2.05, 4.69) is 5.32 Å². The van der Waals surface area contributed by atoms with Gasteiger partial charge >= 0.3 is 0 Å². The van der Waals surface area contributed by atoms with Gasteiger partial charge in [0.2, 0.25) is 5.91 Å². The Morgan fingerprint density at radius 2 is 2.42 bits per heavy atom. The van der Waals surface area contributed by atoms with Crippen molar-refractivity contribution >= 4 is 5.91 Å². The van der Waals surface area contributed by atoms with E-state index in [1.54, 1.807) is 0 Å². The van der Waals surface area contributed by atoms with Crippen molar-refractivity contribution in [1.82, 2.24) is 10.2 Å². The normalized spacial score (nSPS) is 24.2. The van der Waals surface area contributed by atoms with Crippen LogP contribution in [0.2, 0.25) is 0 Å². The van der Waals surface area contributed by atoms with Crippen molar-refractivity contribution in [3.63, 3.8) is 0 Å². The predicted octanol–water partition coefficient (Wildman–Crippen LogP) is 0.607. The third kappa shape index (κ3) is 2.21. The van der Waals surface area contributed by atoms with E-state index in [0.717, 1.165) is 19.5 Å². The zero-order valence-corrected chi connectivity index (χ0v) is 7.97. The molecule has 12 heavy (non-hydrogen) atoms. The van der Waals surface area contributed by atoms with Crippen molar-refractivity contribution < 1.29 is 4.79 Å². The average Bonchev–Trinajstić information content (AvgIpc) is 2.17. The van der Waals surface area contributed by atoms with Gasteiger partial charge in [-0.05, 0) is 19.9 Å². The molecule has 1 aliphatic rings. The van der Waals surface area contributed by atoms with Crippen LogP contribution < -0.4 is 5.32 Å². The molecular formula is C9H18N2O. The van der Waals surface area contributed by atoms with Gasteiger partial charge in [-0.3, -0.25) is 4.79 Å². The number of hydrogen-bond donors (Lipinski definition) is 1. The highest BCUT2D eigenvalue weighted by Gasteiger charge is 2.20. The second-order valence-corrected chi connectivity index (χ2v) is 3.32. The Morgan fingerprint density at radius 3 is 3.00 bits per heavy atom. The SMILES string of the molecule is CCC(=O)N1CCC[C@@H](NC)C1. The molecule has 1 fully saturated rings. The van der Waals surface area contributed by atoms with Gasteiger partial charge in [-0.1, -0.05) is 6.92 Å². The second-order valence-electron chi connectivity index (χ2n) is 3.32. The third-order valence-corrected chi connectivity index (χ3v) is 2.48. The Hall–Kier alpha value is -0.570. The lowest BCUT2D eigenvalue weighted by atomic mass is 10.1. The summed E-state index contributed by atoms with van der Waals surface area (Å²) >= 11 is 0. The summed E-state index contributed by atoms with van der Waals surface area (Å²) in [5.41, 5.74) is 0. The van der Waals surface area contributed by atoms with Crippen LogP contribution in [0.1, 0.15) is 26.2 Å². The van der Waals surface area contributed by atoms with Crippen LogP contribution in [0, 0.1) is 0 Å². The maximum absolute atomic E-state index is 11.3. The molecule has 3 nitrogen and oxygen atoms in total. The number of likely N-dealkylation sites (tertiary alicyclic amines) is 1. The highest BCUT2D eigenvalue weighted by atomic mass is 16.2. The van der Waals surface area contributed by atoms with Crippen molar-refractivity contribution in [2.75, 3.05) is 20.1 Å². The number of amides is 1. The number of carbonyl (C=O) groups is 1. The molecule has 0 aromatic heterocycles. The van der Waals surface area contributed by atoms with Crippen LogP contribution in [-0.2, 0) is 4.79 Å². The molecule has 0 aliphatic carbocycles. The summed E-state index contributed by atoms with van der Waals surface area (Å²) in [7, 11) is 1.96. The largest absolute Gasteiger partial charge is 0.341 e. The molecule has 0 spiro atoms. The molecule has 1 saturated heterocycles. The van der Waals surface area contributed by atoms with Gasteiger partial charge in [-0.15, -0.1) is 0 Å². The minimum absolute atomic E-state index is 0.287. The number of hydrogen-bond acceptors (Lipinski definition) is 2. The summed E-state index contributed by atoms with van der Waals surface area (Å²) in [5, 5.41) is 3.22. The minimum Gasteiger partial charge on any atom is -0.341 e. The third-order valence-electron chi connectivity index (χ3n) is 2.48. The Morgan fingerprint density at radius 1 is 1.67 bits per heavy atom. The van der Waals surface area contributed by atoms with Crippen LogP contribution in [0.25, 0.3) is 0 Å². The minimum atomic E-state index is 0.287. The van der Waals surface area contributed by atoms with Gasteiger partial charge in [0.15, 0.2) is 0 Å². The fraction of sp³-hybridized carbons (Fsp3) is 0.889. The van der Waals surface area contributed by atoms with Crippen molar-refractivity contribution in [3.8, 4) is 0 Å². The molecule has 0 aromatic rings. The molecule has 1 N–H and O–H groups in total. The number of rotatable bonds is 2. The highest BCUT2D eigenvalue weighted by molar-refractivity contribution is 5.75. The lowest BCUT2D eigenvalue weighted by molar-refractivity contribution is -0.132. The number of nitrogens with zero attached hydrogens (tertiary/aromatic N) is 1. The topological polar surface area (TPSA) is 32.3 Å². The summed E-state index contributed by atoms with van der Waals surface area (Å²) < 4.78 is 0. The maximum atomic E-state index is 11.3. The molecule has 0 radical (unpaired) electrons. The number of piperidine rings is 1. The van der Waals surface area contributed by atoms with Crippen LogP contribution in [-0.4, -0.2) is 37.0 Å². The fourth-order valence-corrected chi connectivity index (χ4v) is 1.66. The van der Waals surface area contributed by atoms with Crippen LogP contribution in [0.4, 0.5) is 0 Å². The van der Waals surface area contributed by atoms with E-state index in [1.807, 2.05) is 18.9 Å². The van der Waals surface area contributed by atoms with Crippen LogP contribution in [0.5, 0.6) is 0 Å². The lowest BCUT2D eigenvalue weighted by Crippen LogP contribution is -2.46. The molecule has 70 valence electrons. The first-order valence-corrected chi connectivity index (χ1v) is 4.73. The van der Waals surface area contributed by atoms with E-state index in [0.29, 0.717) is 12.5 Å². The van der Waals surface area contributed by atoms with E-state index < -0.39 is 0 Å². The molecule has 3 heteroatoms. The summed E-state index contributed by atoms with van der Waals surface area (Å²) in [4.78, 5) is 13.3. The summed E-state index contributed by atoms with van der Waals surface area (Å²) in [5.74, 6) is 0.287. The quantitative estimate of drug-likeness (QED) is 0.658. The monoisotopic (exact) mass is 170 g/mol. The molecule has 1 rings (SSSR count). The van der Waals surface area contributed by atoms with Crippen molar-refractivity contribution in [1.29, 1.82) is 0 Å². The summed E-state index contributed by atoms with van der Waals surface area (Å²) in [6.07, 6.45) is 2.97. The smallest absolute Gasteiger partial charge is 0.222 e. The lowest BCUT2D eigenvalue weighted by Gasteiger charge is -2.32. The van der Waals surface area contributed by atoms with Gasteiger partial charge in [0.1, 0.15) is 0 Å². The Labute approximate surface area is 74.1 Å². The zero-order valence-electron chi connectivity index (χ0n) is 7.97. The van der Waals surface area contributed by atoms with Crippen molar-refractivity contribution in [2.45, 2.75) is 32.2 Å². The van der Waals surface area contributed by atoms with Crippen LogP contribution in [0.15, 0.2) is 0 Å². The molecule has 1 amide bonds. The Balaban J connectivity index is 2.40. The van der Waals surface area contributed by atoms with Crippen LogP contribution in [0.3, 0.4) is 0 Å². The van der Waals surface area contributed by atoms with Gasteiger partial charge in [0, 0.05) is 25.6 Å². The molecule has 0 saturated carbocycles. The zero-order chi connectivity index (χ0) is 8.97. The molecule has 0 unspecified atom stereocenters. The number of carbonyl (C=O) groups excluding carboxylic acids is 1. The fourth-order valence-electron chi connectivity index (χ4n) is 1.66. The molecule has 0 bridgehead atoms. The predicted molar refractivity (Wildman–Crippen MR) is 49.0 cm³/mol. The maximum Gasteiger partial charge on any atom is 0.222 e. The van der Waals surface area contributed by atoms with Gasteiger partial charge in [0.25, 0.3) is 0 Å². The Bertz CT molecular complexity index is 159. The second kappa shape index (κ2) is 4.45. The van der Waals surface area contributed by atoms with E-state index in [1.165, 1.54) is 6.42 Å². The Kier molecular flexibility index (Phi) is 3.53. The molecule has 1 heterocycles. The number of nitrogens with one attached hydrogen (secondary N) is 1. The van der Waals surface area contributed by atoms with E-state index in [9.17, 15) is 4.79 Å². The molecular weight excluding hydrogens is 152 g/mol. The van der Waals surface area contributed by atoms with Gasteiger partial charge < -0.3 is 10.2 Å². The first-order valence-electron chi connectivity index (χ1n) is 4.73. The van der Waals surface area contributed by atoms with Crippen LogP contribution >= 0.6 is 0 Å². The first kappa shape index (κ1) is 9.52. The van der Waals surface area contributed by atoms with Gasteiger partial charge in [-0.2, -0.15) is 0 Å². The molecule has 1 aliphatic heterocycles. The summed E-state index contributed by atoms with van der Waals surface area (Å²) in [6.45, 7) is 3.76. The standard InChI is InChI=1S/C9H18N2O/c1-3-9(12)11-6-4-5-8(7-11)10-2/h8,10H,3-7H2,1-2H3/t8-/m1/s1.